The fourth-order valence-corrected chi connectivity index (χ4v) is 4.48. The number of hydrogen-bond donors (Lipinski definition) is 1. The van der Waals surface area contributed by atoms with Gasteiger partial charge in [0.2, 0.25) is 10.0 Å². The van der Waals surface area contributed by atoms with Crippen LogP contribution in [-0.4, -0.2) is 63.0 Å². The smallest absolute Gasteiger partial charge is 0.338 e. The third-order valence-corrected chi connectivity index (χ3v) is 5.96. The third-order valence-electron chi connectivity index (χ3n) is 4.14. The van der Waals surface area contributed by atoms with Crippen molar-refractivity contribution in [1.29, 1.82) is 0 Å². The van der Waals surface area contributed by atoms with Gasteiger partial charge in [0.05, 0.1) is 22.7 Å². The second-order valence-corrected chi connectivity index (χ2v) is 9.32. The second kappa shape index (κ2) is 9.49. The van der Waals surface area contributed by atoms with E-state index in [1.807, 2.05) is 27.7 Å². The van der Waals surface area contributed by atoms with Crippen molar-refractivity contribution in [2.45, 2.75) is 44.8 Å². The first-order valence-corrected chi connectivity index (χ1v) is 10.7. The molecule has 0 radical (unpaired) electrons. The number of hydrogen-bond acceptors (Lipinski definition) is 6. The zero-order chi connectivity index (χ0) is 20.9. The molecule has 1 aliphatic heterocycles. The topological polar surface area (TPSA) is 102 Å². The van der Waals surface area contributed by atoms with E-state index in [4.69, 9.17) is 9.47 Å². The molecule has 1 aromatic carbocycles. The van der Waals surface area contributed by atoms with Gasteiger partial charge in [-0.2, -0.15) is 4.31 Å². The zero-order valence-corrected chi connectivity index (χ0v) is 17.5. The molecule has 1 amide bonds. The van der Waals surface area contributed by atoms with E-state index in [0.717, 1.165) is 0 Å². The average Bonchev–Trinajstić information content (AvgIpc) is 2.63. The predicted molar refractivity (Wildman–Crippen MR) is 103 cm³/mol. The Hall–Kier alpha value is -1.97. The van der Waals surface area contributed by atoms with Crippen molar-refractivity contribution in [2.75, 3.05) is 26.2 Å². The maximum absolute atomic E-state index is 12.9. The van der Waals surface area contributed by atoms with Crippen molar-refractivity contribution in [1.82, 2.24) is 9.62 Å². The Kier molecular flexibility index (Phi) is 7.56. The van der Waals surface area contributed by atoms with Gasteiger partial charge in [0, 0.05) is 19.6 Å². The van der Waals surface area contributed by atoms with E-state index in [0.29, 0.717) is 6.54 Å². The molecule has 1 aliphatic rings. The van der Waals surface area contributed by atoms with Gasteiger partial charge in [-0.25, -0.2) is 13.2 Å². The van der Waals surface area contributed by atoms with Gasteiger partial charge in [-0.1, -0.05) is 19.9 Å². The number of amides is 1. The van der Waals surface area contributed by atoms with Gasteiger partial charge in [0.1, 0.15) is 0 Å². The summed E-state index contributed by atoms with van der Waals surface area (Å²) in [5, 5.41) is 2.65. The van der Waals surface area contributed by atoms with Crippen molar-refractivity contribution >= 4 is 21.9 Å². The first kappa shape index (κ1) is 22.3. The molecule has 0 spiro atoms. The fraction of sp³-hybridized carbons (Fsp3) is 0.579. The number of nitrogens with one attached hydrogen (secondary N) is 1. The molecular weight excluding hydrogens is 384 g/mol. The molecule has 1 fully saturated rings. The average molecular weight is 413 g/mol. The van der Waals surface area contributed by atoms with Crippen LogP contribution in [0.1, 0.15) is 38.1 Å². The van der Waals surface area contributed by atoms with E-state index in [1.54, 1.807) is 0 Å². The molecule has 8 nitrogen and oxygen atoms in total. The molecule has 1 aromatic rings. The first-order valence-electron chi connectivity index (χ1n) is 9.29. The maximum Gasteiger partial charge on any atom is 0.338 e. The molecule has 28 heavy (non-hydrogen) atoms. The van der Waals surface area contributed by atoms with E-state index in [1.165, 1.54) is 28.6 Å². The lowest BCUT2D eigenvalue weighted by Gasteiger charge is -2.34. The monoisotopic (exact) mass is 412 g/mol. The molecule has 2 unspecified atom stereocenters. The standard InChI is InChI=1S/C19H28N2O6S/c1-13(2)9-20-18(22)12-26-19(23)16-6-5-7-17(8-16)28(24,25)21-10-14(3)27-15(4)11-21/h5-8,13-15H,9-12H2,1-4H3,(H,20,22). The molecule has 0 saturated carbocycles. The predicted octanol–water partition coefficient (Wildman–Crippen LogP) is 1.41. The van der Waals surface area contributed by atoms with E-state index >= 15 is 0 Å². The van der Waals surface area contributed by atoms with Crippen LogP contribution in [0.25, 0.3) is 0 Å². The highest BCUT2D eigenvalue weighted by Crippen LogP contribution is 2.22. The quantitative estimate of drug-likeness (QED) is 0.680. The van der Waals surface area contributed by atoms with Crippen LogP contribution < -0.4 is 5.32 Å². The van der Waals surface area contributed by atoms with Gasteiger partial charge in [-0.05, 0) is 38.0 Å². The Bertz CT molecular complexity index is 798. The Labute approximate surface area is 166 Å². The first-order chi connectivity index (χ1) is 13.1. The summed E-state index contributed by atoms with van der Waals surface area (Å²) in [4.78, 5) is 23.9. The summed E-state index contributed by atoms with van der Waals surface area (Å²) in [6, 6.07) is 5.65. The Morgan fingerprint density at radius 3 is 2.50 bits per heavy atom. The van der Waals surface area contributed by atoms with Crippen LogP contribution in [0.15, 0.2) is 29.2 Å². The van der Waals surface area contributed by atoms with Crippen LogP contribution in [-0.2, 0) is 24.3 Å². The minimum atomic E-state index is -3.77. The SMILES string of the molecule is CC(C)CNC(=O)COC(=O)c1cccc(S(=O)(=O)N2CC(C)OC(C)C2)c1. The summed E-state index contributed by atoms with van der Waals surface area (Å²) in [6.45, 7) is 8.10. The molecule has 156 valence electrons. The van der Waals surface area contributed by atoms with E-state index in [-0.39, 0.29) is 41.7 Å². The Morgan fingerprint density at radius 2 is 1.89 bits per heavy atom. The number of ether oxygens (including phenoxy) is 2. The van der Waals surface area contributed by atoms with Crippen molar-refractivity contribution in [3.05, 3.63) is 29.8 Å². The van der Waals surface area contributed by atoms with Gasteiger partial charge in [0.25, 0.3) is 5.91 Å². The number of sulfonamides is 1. The lowest BCUT2D eigenvalue weighted by molar-refractivity contribution is -0.124. The Morgan fingerprint density at radius 1 is 1.25 bits per heavy atom. The molecular formula is C19H28N2O6S. The number of carbonyl (C=O) groups excluding carboxylic acids is 2. The largest absolute Gasteiger partial charge is 0.452 e. The fourth-order valence-electron chi connectivity index (χ4n) is 2.84. The minimum absolute atomic E-state index is 0.00695. The van der Waals surface area contributed by atoms with Gasteiger partial charge in [0.15, 0.2) is 6.61 Å². The van der Waals surface area contributed by atoms with E-state index in [2.05, 4.69) is 5.32 Å². The summed E-state index contributed by atoms with van der Waals surface area (Å²) in [6.07, 6.45) is -0.424. The number of morpholine rings is 1. The molecule has 0 aliphatic carbocycles. The van der Waals surface area contributed by atoms with E-state index < -0.39 is 28.5 Å². The lowest BCUT2D eigenvalue weighted by atomic mass is 10.2. The van der Waals surface area contributed by atoms with Crippen LogP contribution in [0.5, 0.6) is 0 Å². The highest BCUT2D eigenvalue weighted by molar-refractivity contribution is 7.89. The number of nitrogens with zero attached hydrogens (tertiary/aromatic N) is 1. The van der Waals surface area contributed by atoms with E-state index in [9.17, 15) is 18.0 Å². The van der Waals surface area contributed by atoms with Crippen molar-refractivity contribution in [2.24, 2.45) is 5.92 Å². The zero-order valence-electron chi connectivity index (χ0n) is 16.7. The van der Waals surface area contributed by atoms with Crippen molar-refractivity contribution < 1.29 is 27.5 Å². The van der Waals surface area contributed by atoms with Crippen molar-refractivity contribution in [3.63, 3.8) is 0 Å². The number of carbonyl (C=O) groups is 2. The third kappa shape index (κ3) is 6.02. The summed E-state index contributed by atoms with van der Waals surface area (Å²) >= 11 is 0. The van der Waals surface area contributed by atoms with Gasteiger partial charge >= 0.3 is 5.97 Å². The van der Waals surface area contributed by atoms with Crippen LogP contribution >= 0.6 is 0 Å². The van der Waals surface area contributed by atoms with Crippen LogP contribution in [0, 0.1) is 5.92 Å². The van der Waals surface area contributed by atoms with Crippen LogP contribution in [0.3, 0.4) is 0 Å². The molecule has 0 aromatic heterocycles. The second-order valence-electron chi connectivity index (χ2n) is 7.38. The highest BCUT2D eigenvalue weighted by Gasteiger charge is 2.32. The molecule has 2 rings (SSSR count). The van der Waals surface area contributed by atoms with Gasteiger partial charge in [-0.3, -0.25) is 4.79 Å². The number of rotatable bonds is 7. The van der Waals surface area contributed by atoms with Gasteiger partial charge in [-0.15, -0.1) is 0 Å². The molecule has 2 atom stereocenters. The summed E-state index contributed by atoms with van der Waals surface area (Å²) < 4.78 is 37.8. The molecule has 1 saturated heterocycles. The van der Waals surface area contributed by atoms with Crippen LogP contribution in [0.2, 0.25) is 0 Å². The molecule has 9 heteroatoms. The van der Waals surface area contributed by atoms with Crippen LogP contribution in [0.4, 0.5) is 0 Å². The molecule has 0 bridgehead atoms. The minimum Gasteiger partial charge on any atom is -0.452 e. The summed E-state index contributed by atoms with van der Waals surface area (Å²) in [5.74, 6) is -0.866. The van der Waals surface area contributed by atoms with Crippen molar-refractivity contribution in [3.8, 4) is 0 Å². The van der Waals surface area contributed by atoms with Gasteiger partial charge < -0.3 is 14.8 Å². The highest BCUT2D eigenvalue weighted by atomic mass is 32.2. The lowest BCUT2D eigenvalue weighted by Crippen LogP contribution is -2.48. The summed E-state index contributed by atoms with van der Waals surface area (Å²) in [5.41, 5.74) is 0.0760. The Balaban J connectivity index is 2.06. The molecule has 1 N–H and O–H groups in total. The summed E-state index contributed by atoms with van der Waals surface area (Å²) in [7, 11) is -3.77. The number of benzene rings is 1. The molecule has 1 heterocycles. The number of esters is 1. The maximum atomic E-state index is 12.9. The normalized spacial score (nSPS) is 20.8.